The van der Waals surface area contributed by atoms with Gasteiger partial charge in [0.05, 0.1) is 42.9 Å². The Morgan fingerprint density at radius 3 is 2.69 bits per heavy atom. The fourth-order valence-electron chi connectivity index (χ4n) is 4.67. The van der Waals surface area contributed by atoms with Gasteiger partial charge in [-0.15, -0.1) is 0 Å². The Bertz CT molecular complexity index is 1050. The highest BCUT2D eigenvalue weighted by molar-refractivity contribution is 7.80. The Kier molecular flexibility index (Phi) is 6.16. The lowest BCUT2D eigenvalue weighted by Gasteiger charge is -2.32. The fraction of sp³-hybridized carbons (Fsp3) is 0.375. The zero-order valence-corrected chi connectivity index (χ0v) is 19.0. The number of rotatable bonds is 6. The molecule has 0 spiro atoms. The molecule has 0 saturated carbocycles. The van der Waals surface area contributed by atoms with Gasteiger partial charge in [0.25, 0.3) is 0 Å². The third-order valence-electron chi connectivity index (χ3n) is 6.27. The summed E-state index contributed by atoms with van der Waals surface area (Å²) in [6.07, 6.45) is 5.56. The van der Waals surface area contributed by atoms with Gasteiger partial charge in [0.2, 0.25) is 0 Å². The fourth-order valence-corrected chi connectivity index (χ4v) is 5.00. The van der Waals surface area contributed by atoms with Gasteiger partial charge >= 0.3 is 0 Å². The molecule has 2 aliphatic heterocycles. The molecule has 0 bridgehead atoms. The first-order chi connectivity index (χ1) is 15.7. The maximum atomic E-state index is 5.85. The van der Waals surface area contributed by atoms with E-state index < -0.39 is 0 Å². The Labute approximate surface area is 194 Å². The molecule has 2 aliphatic rings. The molecule has 3 aromatic heterocycles. The van der Waals surface area contributed by atoms with E-state index in [1.165, 1.54) is 11.4 Å². The summed E-state index contributed by atoms with van der Waals surface area (Å²) in [6.45, 7) is 7.45. The molecular formula is C24H28N6OS. The maximum absolute atomic E-state index is 5.85. The molecule has 0 unspecified atom stereocenters. The SMILES string of the molecule is Cc1ccc([C@H]2[C@H](c3ccccn3)NC(=S)N2CCN2CCOCC2)n1-c1cccnc1. The number of aromatic nitrogens is 3. The van der Waals surface area contributed by atoms with Crippen LogP contribution in [0.1, 0.15) is 29.2 Å². The van der Waals surface area contributed by atoms with Crippen molar-refractivity contribution in [2.45, 2.75) is 19.0 Å². The number of nitrogens with one attached hydrogen (secondary N) is 1. The van der Waals surface area contributed by atoms with E-state index in [9.17, 15) is 0 Å². The summed E-state index contributed by atoms with van der Waals surface area (Å²) < 4.78 is 7.80. The second-order valence-electron chi connectivity index (χ2n) is 8.22. The van der Waals surface area contributed by atoms with E-state index in [0.717, 1.165) is 55.9 Å². The maximum Gasteiger partial charge on any atom is 0.170 e. The lowest BCUT2D eigenvalue weighted by molar-refractivity contribution is 0.0349. The van der Waals surface area contributed by atoms with Crippen LogP contribution in [-0.2, 0) is 4.74 Å². The van der Waals surface area contributed by atoms with Crippen LogP contribution in [0.4, 0.5) is 0 Å². The Morgan fingerprint density at radius 1 is 1.06 bits per heavy atom. The summed E-state index contributed by atoms with van der Waals surface area (Å²) in [6, 6.07) is 14.5. The van der Waals surface area contributed by atoms with Crippen molar-refractivity contribution in [3.63, 3.8) is 0 Å². The van der Waals surface area contributed by atoms with Crippen molar-refractivity contribution in [1.29, 1.82) is 0 Å². The molecule has 2 atom stereocenters. The predicted molar refractivity (Wildman–Crippen MR) is 128 cm³/mol. The van der Waals surface area contributed by atoms with Gasteiger partial charge in [0, 0.05) is 50.0 Å². The molecule has 7 nitrogen and oxygen atoms in total. The first-order valence-corrected chi connectivity index (χ1v) is 11.5. The third-order valence-corrected chi connectivity index (χ3v) is 6.62. The van der Waals surface area contributed by atoms with Crippen molar-refractivity contribution >= 4 is 17.3 Å². The molecule has 0 aliphatic carbocycles. The van der Waals surface area contributed by atoms with Gasteiger partial charge in [-0.3, -0.25) is 14.9 Å². The first-order valence-electron chi connectivity index (χ1n) is 11.1. The number of ether oxygens (including phenoxy) is 1. The van der Waals surface area contributed by atoms with E-state index in [4.69, 9.17) is 17.0 Å². The quantitative estimate of drug-likeness (QED) is 0.582. The molecule has 5 heterocycles. The van der Waals surface area contributed by atoms with Crippen LogP contribution in [0.25, 0.3) is 5.69 Å². The topological polar surface area (TPSA) is 58.5 Å². The van der Waals surface area contributed by atoms with Gasteiger partial charge in [0.1, 0.15) is 0 Å². The highest BCUT2D eigenvalue weighted by Crippen LogP contribution is 2.40. The number of pyridine rings is 2. The van der Waals surface area contributed by atoms with Crippen LogP contribution in [0.3, 0.4) is 0 Å². The van der Waals surface area contributed by atoms with E-state index in [2.05, 4.69) is 60.8 Å². The summed E-state index contributed by atoms with van der Waals surface area (Å²) in [5, 5.41) is 4.34. The van der Waals surface area contributed by atoms with Crippen LogP contribution < -0.4 is 5.32 Å². The number of thiocarbonyl (C=S) groups is 1. The van der Waals surface area contributed by atoms with Crippen LogP contribution >= 0.6 is 12.2 Å². The van der Waals surface area contributed by atoms with E-state index in [1.807, 2.05) is 30.6 Å². The average molecular weight is 449 g/mol. The second-order valence-corrected chi connectivity index (χ2v) is 8.61. The average Bonchev–Trinajstić information content (AvgIpc) is 3.38. The largest absolute Gasteiger partial charge is 0.379 e. The van der Waals surface area contributed by atoms with Gasteiger partial charge in [-0.2, -0.15) is 0 Å². The highest BCUT2D eigenvalue weighted by Gasteiger charge is 2.41. The minimum atomic E-state index is -0.0295. The van der Waals surface area contributed by atoms with Crippen LogP contribution in [0, 0.1) is 6.92 Å². The molecule has 32 heavy (non-hydrogen) atoms. The number of hydrogen-bond acceptors (Lipinski definition) is 5. The van der Waals surface area contributed by atoms with Crippen LogP contribution in [-0.4, -0.2) is 68.8 Å². The van der Waals surface area contributed by atoms with Crippen molar-refractivity contribution in [3.05, 3.63) is 78.1 Å². The molecule has 0 amide bonds. The van der Waals surface area contributed by atoms with E-state index in [0.29, 0.717) is 0 Å². The number of morpholine rings is 1. The summed E-state index contributed by atoms with van der Waals surface area (Å²) in [5.74, 6) is 0. The van der Waals surface area contributed by atoms with Gasteiger partial charge in [-0.05, 0) is 55.5 Å². The van der Waals surface area contributed by atoms with E-state index in [1.54, 1.807) is 6.20 Å². The molecule has 0 aromatic carbocycles. The summed E-state index contributed by atoms with van der Waals surface area (Å²) in [4.78, 5) is 13.8. The van der Waals surface area contributed by atoms with Crippen molar-refractivity contribution in [3.8, 4) is 5.69 Å². The lowest BCUT2D eigenvalue weighted by Crippen LogP contribution is -2.42. The number of aryl methyl sites for hydroxylation is 1. The molecule has 1 N–H and O–H groups in total. The summed E-state index contributed by atoms with van der Waals surface area (Å²) in [5.41, 5.74) is 4.39. The molecule has 0 radical (unpaired) electrons. The van der Waals surface area contributed by atoms with Crippen molar-refractivity contribution in [2.75, 3.05) is 39.4 Å². The molecular weight excluding hydrogens is 420 g/mol. The molecule has 166 valence electrons. The molecule has 2 saturated heterocycles. The highest BCUT2D eigenvalue weighted by atomic mass is 32.1. The number of nitrogens with zero attached hydrogens (tertiary/aromatic N) is 5. The molecule has 5 rings (SSSR count). The zero-order valence-electron chi connectivity index (χ0n) is 18.2. The number of hydrogen-bond donors (Lipinski definition) is 1. The van der Waals surface area contributed by atoms with Crippen molar-refractivity contribution < 1.29 is 4.74 Å². The third kappa shape index (κ3) is 4.13. The van der Waals surface area contributed by atoms with E-state index >= 15 is 0 Å². The van der Waals surface area contributed by atoms with Crippen molar-refractivity contribution in [1.82, 2.24) is 29.7 Å². The normalized spacial score (nSPS) is 21.7. The molecule has 8 heteroatoms. The van der Waals surface area contributed by atoms with Gasteiger partial charge < -0.3 is 19.5 Å². The smallest absolute Gasteiger partial charge is 0.170 e. The first kappa shape index (κ1) is 21.1. The molecule has 3 aromatic rings. The van der Waals surface area contributed by atoms with Crippen LogP contribution in [0.2, 0.25) is 0 Å². The standard InChI is InChI=1S/C24H28N6OS/c1-18-7-8-21(30(18)19-5-4-9-25-17-19)23-22(20-6-2-3-10-26-20)27-24(32)29(23)12-11-28-13-15-31-16-14-28/h2-10,17,22-23H,11-16H2,1H3,(H,27,32)/t22-,23-/m0/s1. The van der Waals surface area contributed by atoms with Gasteiger partial charge in [-0.1, -0.05) is 6.07 Å². The lowest BCUT2D eigenvalue weighted by atomic mass is 10.0. The van der Waals surface area contributed by atoms with Gasteiger partial charge in [-0.25, -0.2) is 0 Å². The Balaban J connectivity index is 1.52. The van der Waals surface area contributed by atoms with Crippen LogP contribution in [0.15, 0.2) is 61.1 Å². The van der Waals surface area contributed by atoms with Crippen LogP contribution in [0.5, 0.6) is 0 Å². The Morgan fingerprint density at radius 2 is 1.94 bits per heavy atom. The van der Waals surface area contributed by atoms with Crippen molar-refractivity contribution in [2.24, 2.45) is 0 Å². The minimum Gasteiger partial charge on any atom is -0.379 e. The monoisotopic (exact) mass is 448 g/mol. The summed E-state index contributed by atoms with van der Waals surface area (Å²) >= 11 is 5.85. The predicted octanol–water partition coefficient (Wildman–Crippen LogP) is 2.88. The van der Waals surface area contributed by atoms with E-state index in [-0.39, 0.29) is 12.1 Å². The zero-order chi connectivity index (χ0) is 21.9. The minimum absolute atomic E-state index is 0.0207. The Hall–Kier alpha value is -2.81. The molecule has 2 fully saturated rings. The van der Waals surface area contributed by atoms with Gasteiger partial charge in [0.15, 0.2) is 5.11 Å². The summed E-state index contributed by atoms with van der Waals surface area (Å²) in [7, 11) is 0. The second kappa shape index (κ2) is 9.36.